The van der Waals surface area contributed by atoms with Crippen molar-refractivity contribution in [2.75, 3.05) is 11.1 Å². The Morgan fingerprint density at radius 3 is 2.64 bits per heavy atom. The number of rotatable bonds is 5. The summed E-state index contributed by atoms with van der Waals surface area (Å²) >= 11 is 0. The van der Waals surface area contributed by atoms with Crippen molar-refractivity contribution in [3.63, 3.8) is 0 Å². The van der Waals surface area contributed by atoms with Crippen molar-refractivity contribution in [3.05, 3.63) is 95.6 Å². The van der Waals surface area contributed by atoms with Gasteiger partial charge in [-0.15, -0.1) is 0 Å². The van der Waals surface area contributed by atoms with E-state index >= 15 is 0 Å². The summed E-state index contributed by atoms with van der Waals surface area (Å²) < 4.78 is 3.08. The summed E-state index contributed by atoms with van der Waals surface area (Å²) in [7, 11) is 0. The van der Waals surface area contributed by atoms with E-state index < -0.39 is 6.04 Å². The molecule has 3 heterocycles. The number of fused-ring (bicyclic) bond motifs is 1. The largest absolute Gasteiger partial charge is 0.508 e. The number of phenolic OH excluding ortho intramolecular Hbond substituents is 1. The molecule has 0 radical (unpaired) electrons. The molecule has 0 amide bonds. The molecule has 0 saturated carbocycles. The first-order chi connectivity index (χ1) is 16.0. The average Bonchev–Trinajstić information content (AvgIpc) is 3.29. The van der Waals surface area contributed by atoms with Gasteiger partial charge in [0.15, 0.2) is 0 Å². The van der Waals surface area contributed by atoms with Gasteiger partial charge >= 0.3 is 5.69 Å². The Labute approximate surface area is 188 Å². The number of hydrogen-bond donors (Lipinski definition) is 3. The summed E-state index contributed by atoms with van der Waals surface area (Å²) in [6.45, 7) is 1.89. The molecule has 9 heteroatoms. The van der Waals surface area contributed by atoms with E-state index in [0.717, 1.165) is 0 Å². The molecule has 5 rings (SSSR count). The van der Waals surface area contributed by atoms with Gasteiger partial charge in [0.05, 0.1) is 17.3 Å². The number of hydrogen-bond acceptors (Lipinski definition) is 7. The lowest BCUT2D eigenvalue weighted by atomic mass is 10.1. The third-order valence-electron chi connectivity index (χ3n) is 5.35. The molecule has 1 atom stereocenters. The highest BCUT2D eigenvalue weighted by molar-refractivity contribution is 5.84. The Hall–Kier alpha value is -4.66. The number of nitrogens with zero attached hydrogens (tertiary/aromatic N) is 5. The van der Waals surface area contributed by atoms with Gasteiger partial charge in [0, 0.05) is 6.20 Å². The first kappa shape index (κ1) is 20.3. The minimum Gasteiger partial charge on any atom is -0.508 e. The van der Waals surface area contributed by atoms with Crippen LogP contribution in [0, 0.1) is 0 Å². The van der Waals surface area contributed by atoms with Gasteiger partial charge in [-0.05, 0) is 48.9 Å². The van der Waals surface area contributed by atoms with Gasteiger partial charge in [0.25, 0.3) is 0 Å². The topological polar surface area (TPSA) is 123 Å². The van der Waals surface area contributed by atoms with E-state index in [2.05, 4.69) is 15.3 Å². The summed E-state index contributed by atoms with van der Waals surface area (Å²) in [5.74, 6) is 1.34. The SMILES string of the molecule is CC(Nc1ncnc(N)c1-c1cccc(O)c1)c1nc2cccn2c(=O)n1-c1ccccc1. The van der Waals surface area contributed by atoms with Crippen LogP contribution in [0.25, 0.3) is 22.5 Å². The molecule has 0 fully saturated rings. The maximum atomic E-state index is 13.3. The van der Waals surface area contributed by atoms with Crippen LogP contribution in [-0.4, -0.2) is 29.0 Å². The molecule has 9 nitrogen and oxygen atoms in total. The van der Waals surface area contributed by atoms with Gasteiger partial charge in [0.2, 0.25) is 0 Å². The first-order valence-electron chi connectivity index (χ1n) is 10.3. The fourth-order valence-electron chi connectivity index (χ4n) is 3.83. The van der Waals surface area contributed by atoms with Crippen LogP contribution in [0.3, 0.4) is 0 Å². The van der Waals surface area contributed by atoms with Crippen LogP contribution < -0.4 is 16.7 Å². The number of aromatic hydroxyl groups is 1. The van der Waals surface area contributed by atoms with Crippen LogP contribution >= 0.6 is 0 Å². The molecular formula is C24H21N7O2. The van der Waals surface area contributed by atoms with E-state index in [-0.39, 0.29) is 17.3 Å². The summed E-state index contributed by atoms with van der Waals surface area (Å²) in [6.07, 6.45) is 3.06. The summed E-state index contributed by atoms with van der Waals surface area (Å²) in [5, 5.41) is 13.3. The highest BCUT2D eigenvalue weighted by Gasteiger charge is 2.21. The quantitative estimate of drug-likeness (QED) is 0.383. The zero-order chi connectivity index (χ0) is 22.9. The van der Waals surface area contributed by atoms with Gasteiger partial charge in [-0.3, -0.25) is 4.40 Å². The monoisotopic (exact) mass is 439 g/mol. The minimum absolute atomic E-state index is 0.105. The van der Waals surface area contributed by atoms with Gasteiger partial charge in [0.1, 0.15) is 35.2 Å². The number of phenols is 1. The zero-order valence-corrected chi connectivity index (χ0v) is 17.8. The normalized spacial score (nSPS) is 12.0. The highest BCUT2D eigenvalue weighted by atomic mass is 16.3. The standard InChI is InChI=1S/C24H21N7O2/c1-15(28-22-20(21(25)26-14-27-22)16-7-5-10-18(32)13-16)23-29-19-11-6-12-30(19)24(33)31(23)17-8-3-2-4-9-17/h2-15,32H,1H3,(H3,25,26,27,28). The lowest BCUT2D eigenvalue weighted by Crippen LogP contribution is -2.31. The number of nitrogen functional groups attached to an aromatic ring is 1. The smallest absolute Gasteiger partial charge is 0.339 e. The molecule has 0 spiro atoms. The van der Waals surface area contributed by atoms with Crippen LogP contribution in [0.4, 0.5) is 11.6 Å². The van der Waals surface area contributed by atoms with E-state index in [9.17, 15) is 9.90 Å². The molecule has 0 aliphatic carbocycles. The van der Waals surface area contributed by atoms with Crippen molar-refractivity contribution in [2.45, 2.75) is 13.0 Å². The number of nitrogens with one attached hydrogen (secondary N) is 1. The van der Waals surface area contributed by atoms with Crippen LogP contribution in [-0.2, 0) is 0 Å². The van der Waals surface area contributed by atoms with Crippen molar-refractivity contribution in [1.82, 2.24) is 23.9 Å². The molecule has 3 aromatic heterocycles. The molecule has 5 aromatic rings. The van der Waals surface area contributed by atoms with E-state index in [1.165, 1.54) is 10.7 Å². The Kier molecular flexibility index (Phi) is 4.98. The summed E-state index contributed by atoms with van der Waals surface area (Å²) in [4.78, 5) is 26.6. The number of nitrogens with two attached hydrogens (primary N) is 1. The second-order valence-electron chi connectivity index (χ2n) is 7.56. The summed E-state index contributed by atoms with van der Waals surface area (Å²) in [6, 6.07) is 19.2. The Morgan fingerprint density at radius 2 is 1.85 bits per heavy atom. The van der Waals surface area contributed by atoms with E-state index in [1.807, 2.05) is 43.3 Å². The third kappa shape index (κ3) is 3.65. The Morgan fingerprint density at radius 1 is 1.03 bits per heavy atom. The molecule has 0 aliphatic rings. The average molecular weight is 439 g/mol. The first-order valence-corrected chi connectivity index (χ1v) is 10.3. The second-order valence-corrected chi connectivity index (χ2v) is 7.56. The molecule has 4 N–H and O–H groups in total. The molecule has 0 saturated heterocycles. The fraction of sp³-hybridized carbons (Fsp3) is 0.0833. The van der Waals surface area contributed by atoms with Crippen molar-refractivity contribution in [2.24, 2.45) is 0 Å². The van der Waals surface area contributed by atoms with E-state index in [0.29, 0.717) is 34.1 Å². The molecule has 0 aliphatic heterocycles. The lowest BCUT2D eigenvalue weighted by molar-refractivity contribution is 0.475. The van der Waals surface area contributed by atoms with Gasteiger partial charge in [-0.2, -0.15) is 0 Å². The molecular weight excluding hydrogens is 418 g/mol. The minimum atomic E-state index is -0.428. The van der Waals surface area contributed by atoms with E-state index in [1.54, 1.807) is 41.1 Å². The van der Waals surface area contributed by atoms with E-state index in [4.69, 9.17) is 10.7 Å². The van der Waals surface area contributed by atoms with Crippen LogP contribution in [0.5, 0.6) is 5.75 Å². The molecule has 164 valence electrons. The van der Waals surface area contributed by atoms with Crippen molar-refractivity contribution in [1.29, 1.82) is 0 Å². The summed E-state index contributed by atoms with van der Waals surface area (Å²) in [5.41, 5.74) is 8.41. The Balaban J connectivity index is 1.64. The number of aromatic nitrogens is 5. The highest BCUT2D eigenvalue weighted by Crippen LogP contribution is 2.34. The number of benzene rings is 2. The Bertz CT molecular complexity index is 1510. The molecule has 0 bridgehead atoms. The fourth-order valence-corrected chi connectivity index (χ4v) is 3.83. The lowest BCUT2D eigenvalue weighted by Gasteiger charge is -2.21. The van der Waals surface area contributed by atoms with Gasteiger partial charge in [-0.1, -0.05) is 30.3 Å². The maximum absolute atomic E-state index is 13.3. The second kappa shape index (κ2) is 8.12. The van der Waals surface area contributed by atoms with Crippen molar-refractivity contribution in [3.8, 4) is 22.6 Å². The van der Waals surface area contributed by atoms with Crippen LogP contribution in [0.1, 0.15) is 18.8 Å². The maximum Gasteiger partial charge on any atom is 0.339 e. The molecule has 2 aromatic carbocycles. The van der Waals surface area contributed by atoms with Gasteiger partial charge in [-0.25, -0.2) is 24.3 Å². The predicted octanol–water partition coefficient (Wildman–Crippen LogP) is 3.40. The molecule has 33 heavy (non-hydrogen) atoms. The van der Waals surface area contributed by atoms with Crippen LogP contribution in [0.15, 0.2) is 84.0 Å². The molecule has 1 unspecified atom stereocenters. The number of anilines is 2. The predicted molar refractivity (Wildman–Crippen MR) is 126 cm³/mol. The third-order valence-corrected chi connectivity index (χ3v) is 5.35. The number of para-hydroxylation sites is 1. The van der Waals surface area contributed by atoms with Gasteiger partial charge < -0.3 is 16.2 Å². The van der Waals surface area contributed by atoms with Crippen LogP contribution in [0.2, 0.25) is 0 Å². The van der Waals surface area contributed by atoms with Crippen molar-refractivity contribution < 1.29 is 5.11 Å². The van der Waals surface area contributed by atoms with Crippen molar-refractivity contribution >= 4 is 17.3 Å². The zero-order valence-electron chi connectivity index (χ0n) is 17.8.